The number of methoxy groups -OCH3 is 1. The number of cyclic esters (lactones) is 1. The molecule has 1 aromatic carbocycles. The highest BCUT2D eigenvalue weighted by Gasteiger charge is 2.51. The molecule has 0 saturated carbocycles. The molecule has 0 spiro atoms. The van der Waals surface area contributed by atoms with E-state index >= 15 is 0 Å². The molecule has 0 amide bonds. The Hall–Kier alpha value is -2.45. The van der Waals surface area contributed by atoms with Gasteiger partial charge in [-0.1, -0.05) is 62.7 Å². The number of likely N-dealkylation sites (N-methyl/N-ethyl adjacent to an activating group) is 1. The van der Waals surface area contributed by atoms with Crippen molar-refractivity contribution in [2.75, 3.05) is 21.2 Å². The van der Waals surface area contributed by atoms with Crippen LogP contribution < -0.4 is 0 Å². The van der Waals surface area contributed by atoms with Gasteiger partial charge in [0.1, 0.15) is 30.3 Å². The first-order valence-corrected chi connectivity index (χ1v) is 17.9. The smallest absolute Gasteiger partial charge is 0.316 e. The van der Waals surface area contributed by atoms with Crippen molar-refractivity contribution in [2.45, 2.75) is 142 Å². The number of esters is 1. The summed E-state index contributed by atoms with van der Waals surface area (Å²) in [5.41, 5.74) is -0.659. The van der Waals surface area contributed by atoms with E-state index in [1.807, 2.05) is 71.0 Å². The number of carbonyl (C=O) groups is 2. The number of rotatable bonds is 8. The summed E-state index contributed by atoms with van der Waals surface area (Å²) in [6, 6.07) is 7.59. The van der Waals surface area contributed by atoms with Crippen LogP contribution in [0.15, 0.2) is 29.4 Å². The molecule has 0 aromatic heterocycles. The molecular weight excluding hydrogens is 644 g/mol. The number of oxime groups is 1. The SMILES string of the molecule is CC[C@H]1OC(=O)[C@H](C)C(=O)[C@H](C)[C@@H](O[C@@H]2O[C@H](C)C[C@H](N(C)C)[C@H]2O)[C@](C)(OC)C[C@@H](C)/C(=N/OCc2ccc(C)cc2)[C@H](C)[C@@H](O)[C@]1(C)O. The maximum absolute atomic E-state index is 14.1. The van der Waals surface area contributed by atoms with Crippen LogP contribution in [0, 0.1) is 30.6 Å². The highest BCUT2D eigenvalue weighted by atomic mass is 16.7. The lowest BCUT2D eigenvalue weighted by molar-refractivity contribution is -0.295. The predicted octanol–water partition coefficient (Wildman–Crippen LogP) is 4.03. The fourth-order valence-corrected chi connectivity index (χ4v) is 7.48. The highest BCUT2D eigenvalue weighted by molar-refractivity contribution is 6.00. The average molecular weight is 707 g/mol. The van der Waals surface area contributed by atoms with Crippen molar-refractivity contribution < 1.29 is 48.7 Å². The van der Waals surface area contributed by atoms with Gasteiger partial charge in [0.25, 0.3) is 0 Å². The molecule has 1 aromatic rings. The van der Waals surface area contributed by atoms with Crippen LogP contribution in [0.2, 0.25) is 0 Å². The van der Waals surface area contributed by atoms with E-state index in [9.17, 15) is 24.9 Å². The van der Waals surface area contributed by atoms with Crippen LogP contribution in [0.3, 0.4) is 0 Å². The second kappa shape index (κ2) is 17.4. The molecule has 2 aliphatic heterocycles. The number of hydrogen-bond acceptors (Lipinski definition) is 12. The molecule has 3 N–H and O–H groups in total. The molecule has 0 radical (unpaired) electrons. The summed E-state index contributed by atoms with van der Waals surface area (Å²) in [5.74, 6) is -4.66. The number of benzene rings is 1. The molecule has 50 heavy (non-hydrogen) atoms. The van der Waals surface area contributed by atoms with Crippen LogP contribution in [-0.2, 0) is 40.0 Å². The van der Waals surface area contributed by atoms with Crippen molar-refractivity contribution in [1.82, 2.24) is 4.90 Å². The number of hydrogen-bond donors (Lipinski definition) is 3. The zero-order valence-corrected chi connectivity index (χ0v) is 32.1. The Morgan fingerprint density at radius 2 is 1.64 bits per heavy atom. The van der Waals surface area contributed by atoms with Crippen LogP contribution in [0.1, 0.15) is 85.8 Å². The van der Waals surface area contributed by atoms with E-state index < -0.39 is 77.3 Å². The summed E-state index contributed by atoms with van der Waals surface area (Å²) in [4.78, 5) is 35.4. The van der Waals surface area contributed by atoms with Crippen molar-refractivity contribution in [3.8, 4) is 0 Å². The fourth-order valence-electron chi connectivity index (χ4n) is 7.48. The third kappa shape index (κ3) is 9.50. The first kappa shape index (κ1) is 42.0. The van der Waals surface area contributed by atoms with E-state index in [-0.39, 0.29) is 31.6 Å². The number of ketones is 1. The lowest BCUT2D eigenvalue weighted by Crippen LogP contribution is -2.60. The summed E-state index contributed by atoms with van der Waals surface area (Å²) in [7, 11) is 5.27. The van der Waals surface area contributed by atoms with Crippen molar-refractivity contribution >= 4 is 17.5 Å². The third-order valence-electron chi connectivity index (χ3n) is 10.9. The molecule has 0 bridgehead atoms. The first-order valence-electron chi connectivity index (χ1n) is 17.9. The largest absolute Gasteiger partial charge is 0.459 e. The Morgan fingerprint density at radius 3 is 2.20 bits per heavy atom. The maximum Gasteiger partial charge on any atom is 0.316 e. The van der Waals surface area contributed by atoms with Crippen LogP contribution >= 0.6 is 0 Å². The molecule has 284 valence electrons. The van der Waals surface area contributed by atoms with Crippen LogP contribution in [0.4, 0.5) is 0 Å². The molecule has 12 heteroatoms. The quantitative estimate of drug-likeness (QED) is 0.204. The number of ether oxygens (including phenoxy) is 4. The molecule has 2 fully saturated rings. The van der Waals surface area contributed by atoms with Crippen molar-refractivity contribution in [3.05, 3.63) is 35.4 Å². The lowest BCUT2D eigenvalue weighted by atomic mass is 9.74. The van der Waals surface area contributed by atoms with E-state index in [1.165, 1.54) is 21.0 Å². The molecule has 2 saturated heterocycles. The second-order valence-corrected chi connectivity index (χ2v) is 15.2. The minimum atomic E-state index is -1.90. The normalized spacial score (nSPS) is 40.4. The van der Waals surface area contributed by atoms with E-state index in [0.29, 0.717) is 12.1 Å². The number of aryl methyl sites for hydroxylation is 1. The summed E-state index contributed by atoms with van der Waals surface area (Å²) < 4.78 is 24.7. The molecule has 0 aliphatic carbocycles. The lowest BCUT2D eigenvalue weighted by Gasteiger charge is -2.47. The zero-order chi connectivity index (χ0) is 37.7. The van der Waals surface area contributed by atoms with Gasteiger partial charge in [-0.25, -0.2) is 0 Å². The summed E-state index contributed by atoms with van der Waals surface area (Å²) in [5, 5.41) is 39.4. The number of aliphatic hydroxyl groups excluding tert-OH is 2. The van der Waals surface area contributed by atoms with Gasteiger partial charge >= 0.3 is 5.97 Å². The fraction of sp³-hybridized carbons (Fsp3) is 0.763. The van der Waals surface area contributed by atoms with Crippen LogP contribution in [0.5, 0.6) is 0 Å². The number of aliphatic hydroxyl groups is 3. The van der Waals surface area contributed by atoms with Gasteiger partial charge < -0.3 is 44.0 Å². The van der Waals surface area contributed by atoms with Crippen molar-refractivity contribution in [1.29, 1.82) is 0 Å². The van der Waals surface area contributed by atoms with Crippen molar-refractivity contribution in [3.63, 3.8) is 0 Å². The Bertz CT molecular complexity index is 1300. The van der Waals surface area contributed by atoms with Gasteiger partial charge in [0.2, 0.25) is 0 Å². The predicted molar refractivity (Wildman–Crippen MR) is 189 cm³/mol. The van der Waals surface area contributed by atoms with Gasteiger partial charge in [-0.3, -0.25) is 9.59 Å². The van der Waals surface area contributed by atoms with E-state index in [0.717, 1.165) is 11.1 Å². The Labute approximate surface area is 298 Å². The van der Waals surface area contributed by atoms with Gasteiger partial charge in [0.15, 0.2) is 12.1 Å². The van der Waals surface area contributed by atoms with Gasteiger partial charge in [-0.15, -0.1) is 0 Å². The Balaban J connectivity index is 2.14. The first-order chi connectivity index (χ1) is 23.3. The van der Waals surface area contributed by atoms with Crippen LogP contribution in [0.25, 0.3) is 0 Å². The molecule has 12 nitrogen and oxygen atoms in total. The van der Waals surface area contributed by atoms with Gasteiger partial charge in [0, 0.05) is 30.9 Å². The van der Waals surface area contributed by atoms with Crippen molar-refractivity contribution in [2.24, 2.45) is 28.8 Å². The minimum Gasteiger partial charge on any atom is -0.459 e. The van der Waals surface area contributed by atoms with E-state index in [2.05, 4.69) is 5.16 Å². The Morgan fingerprint density at radius 1 is 1.02 bits per heavy atom. The summed E-state index contributed by atoms with van der Waals surface area (Å²) >= 11 is 0. The van der Waals surface area contributed by atoms with E-state index in [1.54, 1.807) is 20.8 Å². The van der Waals surface area contributed by atoms with Crippen LogP contribution in [-0.4, -0.2) is 113 Å². The molecular formula is C38H62N2O10. The van der Waals surface area contributed by atoms with Gasteiger partial charge in [0.05, 0.1) is 29.6 Å². The second-order valence-electron chi connectivity index (χ2n) is 15.2. The molecule has 13 atom stereocenters. The van der Waals surface area contributed by atoms with Gasteiger partial charge in [-0.2, -0.15) is 0 Å². The van der Waals surface area contributed by atoms with E-state index in [4.69, 9.17) is 23.8 Å². The average Bonchev–Trinajstić information content (AvgIpc) is 3.07. The highest BCUT2D eigenvalue weighted by Crippen LogP contribution is 2.38. The molecule has 0 unspecified atom stereocenters. The number of carbonyl (C=O) groups excluding carboxylic acids is 2. The van der Waals surface area contributed by atoms with Gasteiger partial charge in [-0.05, 0) is 73.5 Å². The maximum atomic E-state index is 14.1. The molecule has 2 aliphatic rings. The standard InChI is InChI=1S/C38H62N2O10/c1-13-29-38(9,45)33(43)24(5)30(39-47-20-27-16-14-21(2)15-17-27)22(3)19-37(8,46-12)34(25(6)31(41)26(7)35(44)49-29)50-36-32(42)28(40(10)11)18-23(4)48-36/h14-17,22-26,28-29,32-34,36,42-43,45H,13,18-20H2,1-12H3/b39-30-/t22-,23-,24+,25+,26-,28+,29-,32-,33-,34-,36+,37-,38-/m1/s1. The molecule has 3 rings (SSSR count). The summed E-state index contributed by atoms with van der Waals surface area (Å²) in [6.45, 7) is 15.8. The minimum absolute atomic E-state index is 0.170. The third-order valence-corrected chi connectivity index (χ3v) is 10.9. The number of nitrogens with zero attached hydrogens (tertiary/aromatic N) is 2. The molecule has 2 heterocycles. The number of Topliss-reactive ketones (excluding diaryl/α,β-unsaturated/α-hetero) is 1. The summed E-state index contributed by atoms with van der Waals surface area (Å²) in [6.07, 6.45) is -4.95. The topological polar surface area (TPSA) is 157 Å². The Kier molecular flexibility index (Phi) is 14.6. The zero-order valence-electron chi connectivity index (χ0n) is 32.1. The monoisotopic (exact) mass is 706 g/mol.